The fourth-order valence-electron chi connectivity index (χ4n) is 2.41. The van der Waals surface area contributed by atoms with Crippen molar-refractivity contribution in [2.45, 2.75) is 39.3 Å². The second-order valence-electron chi connectivity index (χ2n) is 5.32. The Kier molecular flexibility index (Phi) is 4.19. The van der Waals surface area contributed by atoms with Gasteiger partial charge in [0.2, 0.25) is 0 Å². The molecular formula is C15H23NO. The third kappa shape index (κ3) is 3.30. The molecule has 1 aliphatic heterocycles. The highest BCUT2D eigenvalue weighted by Gasteiger charge is 2.21. The van der Waals surface area contributed by atoms with E-state index in [1.165, 1.54) is 11.1 Å². The predicted molar refractivity (Wildman–Crippen MR) is 71.1 cm³/mol. The summed E-state index contributed by atoms with van der Waals surface area (Å²) < 4.78 is 5.96. The van der Waals surface area contributed by atoms with Crippen LogP contribution in [0.3, 0.4) is 0 Å². The van der Waals surface area contributed by atoms with E-state index in [4.69, 9.17) is 4.74 Å². The van der Waals surface area contributed by atoms with Gasteiger partial charge in [-0.15, -0.1) is 0 Å². The van der Waals surface area contributed by atoms with Crippen LogP contribution in [0.25, 0.3) is 0 Å². The van der Waals surface area contributed by atoms with Crippen LogP contribution in [0, 0.1) is 12.8 Å². The van der Waals surface area contributed by atoms with Gasteiger partial charge < -0.3 is 10.1 Å². The summed E-state index contributed by atoms with van der Waals surface area (Å²) >= 11 is 0. The highest BCUT2D eigenvalue weighted by Crippen LogP contribution is 2.22. The summed E-state index contributed by atoms with van der Waals surface area (Å²) in [5.41, 5.74) is 2.60. The van der Waals surface area contributed by atoms with Crippen LogP contribution >= 0.6 is 0 Å². The maximum atomic E-state index is 5.96. The third-order valence-electron chi connectivity index (χ3n) is 3.53. The van der Waals surface area contributed by atoms with Gasteiger partial charge in [-0.2, -0.15) is 0 Å². The van der Waals surface area contributed by atoms with E-state index < -0.39 is 0 Å². The van der Waals surface area contributed by atoms with Crippen LogP contribution in [0.5, 0.6) is 0 Å². The van der Waals surface area contributed by atoms with E-state index in [9.17, 15) is 0 Å². The van der Waals surface area contributed by atoms with Gasteiger partial charge in [0.25, 0.3) is 0 Å². The van der Waals surface area contributed by atoms with Crippen LogP contribution in [0.4, 0.5) is 0 Å². The van der Waals surface area contributed by atoms with Gasteiger partial charge >= 0.3 is 0 Å². The molecule has 2 atom stereocenters. The fraction of sp³-hybridized carbons (Fsp3) is 0.600. The number of aryl methyl sites for hydroxylation is 1. The van der Waals surface area contributed by atoms with E-state index in [1.54, 1.807) is 0 Å². The van der Waals surface area contributed by atoms with Gasteiger partial charge in [-0.1, -0.05) is 43.7 Å². The molecule has 0 spiro atoms. The first-order chi connectivity index (χ1) is 8.16. The third-order valence-corrected chi connectivity index (χ3v) is 3.53. The number of ether oxygens (including phenoxy) is 1. The molecule has 1 fully saturated rings. The Hall–Kier alpha value is -0.860. The van der Waals surface area contributed by atoms with Gasteiger partial charge in [0.05, 0.1) is 6.10 Å². The molecule has 2 nitrogen and oxygen atoms in total. The van der Waals surface area contributed by atoms with E-state index in [-0.39, 0.29) is 6.10 Å². The van der Waals surface area contributed by atoms with Gasteiger partial charge in [-0.05, 0) is 24.8 Å². The van der Waals surface area contributed by atoms with Crippen molar-refractivity contribution < 1.29 is 4.74 Å². The van der Waals surface area contributed by atoms with Crippen LogP contribution < -0.4 is 5.32 Å². The average Bonchev–Trinajstić information content (AvgIpc) is 2.54. The van der Waals surface area contributed by atoms with Gasteiger partial charge in [-0.3, -0.25) is 0 Å². The Morgan fingerprint density at radius 2 is 2.18 bits per heavy atom. The molecule has 1 saturated heterocycles. The Labute approximate surface area is 104 Å². The molecule has 0 aliphatic carbocycles. The smallest absolute Gasteiger partial charge is 0.0949 e. The van der Waals surface area contributed by atoms with Crippen molar-refractivity contribution in [3.63, 3.8) is 0 Å². The first-order valence-corrected chi connectivity index (χ1v) is 6.58. The van der Waals surface area contributed by atoms with Crippen LogP contribution in [-0.4, -0.2) is 19.2 Å². The number of hydrogen-bond donors (Lipinski definition) is 1. The topological polar surface area (TPSA) is 21.3 Å². The minimum atomic E-state index is 0.207. The molecule has 0 amide bonds. The predicted octanol–water partition coefficient (Wildman–Crippen LogP) is 3.07. The van der Waals surface area contributed by atoms with Crippen LogP contribution in [-0.2, 0) is 4.74 Å². The molecule has 0 aromatic heterocycles. The van der Waals surface area contributed by atoms with Gasteiger partial charge in [0.1, 0.15) is 0 Å². The lowest BCUT2D eigenvalue weighted by Crippen LogP contribution is -2.34. The minimum Gasteiger partial charge on any atom is -0.372 e. The molecule has 2 heteroatoms. The molecular weight excluding hydrogens is 210 g/mol. The maximum Gasteiger partial charge on any atom is 0.0949 e. The van der Waals surface area contributed by atoms with E-state index in [1.807, 2.05) is 0 Å². The second-order valence-corrected chi connectivity index (χ2v) is 5.32. The van der Waals surface area contributed by atoms with E-state index >= 15 is 0 Å². The van der Waals surface area contributed by atoms with Crippen molar-refractivity contribution in [3.8, 4) is 0 Å². The van der Waals surface area contributed by atoms with Crippen molar-refractivity contribution in [2.24, 2.45) is 5.92 Å². The molecule has 0 saturated carbocycles. The second kappa shape index (κ2) is 5.65. The number of rotatable bonds is 2. The summed E-state index contributed by atoms with van der Waals surface area (Å²) in [4.78, 5) is 0. The summed E-state index contributed by atoms with van der Waals surface area (Å²) in [6.07, 6.45) is 1.32. The Bertz CT molecular complexity index is 362. The Balaban J connectivity index is 2.04. The lowest BCUT2D eigenvalue weighted by Gasteiger charge is -2.20. The van der Waals surface area contributed by atoms with Crippen molar-refractivity contribution in [1.29, 1.82) is 0 Å². The Morgan fingerprint density at radius 1 is 1.35 bits per heavy atom. The van der Waals surface area contributed by atoms with Crippen molar-refractivity contribution in [3.05, 3.63) is 35.4 Å². The summed E-state index contributed by atoms with van der Waals surface area (Å²) in [7, 11) is 0. The van der Waals surface area contributed by atoms with Gasteiger partial charge in [-0.25, -0.2) is 0 Å². The molecule has 0 bridgehead atoms. The SMILES string of the molecule is Cc1cccc(C2CNC(C(C)C)CCO2)c1. The number of hydrogen-bond acceptors (Lipinski definition) is 2. The quantitative estimate of drug-likeness (QED) is 0.847. The number of nitrogens with one attached hydrogen (secondary N) is 1. The molecule has 17 heavy (non-hydrogen) atoms. The first kappa shape index (κ1) is 12.6. The summed E-state index contributed by atoms with van der Waals surface area (Å²) in [5.74, 6) is 0.676. The Morgan fingerprint density at radius 3 is 2.88 bits per heavy atom. The van der Waals surface area contributed by atoms with E-state index in [0.717, 1.165) is 19.6 Å². The molecule has 2 rings (SSSR count). The zero-order chi connectivity index (χ0) is 12.3. The van der Waals surface area contributed by atoms with Crippen LogP contribution in [0.2, 0.25) is 0 Å². The maximum absolute atomic E-state index is 5.96. The zero-order valence-corrected chi connectivity index (χ0v) is 11.1. The molecule has 1 N–H and O–H groups in total. The minimum absolute atomic E-state index is 0.207. The molecule has 0 radical (unpaired) electrons. The highest BCUT2D eigenvalue weighted by molar-refractivity contribution is 5.24. The summed E-state index contributed by atoms with van der Waals surface area (Å²) in [6, 6.07) is 9.21. The van der Waals surface area contributed by atoms with E-state index in [2.05, 4.69) is 50.4 Å². The van der Waals surface area contributed by atoms with Gasteiger partial charge in [0, 0.05) is 19.2 Å². The summed E-state index contributed by atoms with van der Waals surface area (Å²) in [6.45, 7) is 8.45. The normalized spacial score (nSPS) is 25.9. The van der Waals surface area contributed by atoms with Crippen LogP contribution in [0.15, 0.2) is 24.3 Å². The lowest BCUT2D eigenvalue weighted by molar-refractivity contribution is 0.0660. The number of benzene rings is 1. The van der Waals surface area contributed by atoms with Gasteiger partial charge in [0.15, 0.2) is 0 Å². The molecule has 94 valence electrons. The van der Waals surface area contributed by atoms with Crippen molar-refractivity contribution in [2.75, 3.05) is 13.2 Å². The average molecular weight is 233 g/mol. The van der Waals surface area contributed by atoms with Crippen LogP contribution in [0.1, 0.15) is 37.5 Å². The lowest BCUT2D eigenvalue weighted by atomic mass is 10.0. The zero-order valence-electron chi connectivity index (χ0n) is 11.1. The van der Waals surface area contributed by atoms with Crippen molar-refractivity contribution >= 4 is 0 Å². The highest BCUT2D eigenvalue weighted by atomic mass is 16.5. The molecule has 1 aromatic rings. The summed E-state index contributed by atoms with van der Waals surface area (Å²) in [5, 5.41) is 3.62. The molecule has 1 heterocycles. The fourth-order valence-corrected chi connectivity index (χ4v) is 2.41. The largest absolute Gasteiger partial charge is 0.372 e. The molecule has 1 aliphatic rings. The standard InChI is InChI=1S/C15H23NO/c1-11(2)14-7-8-17-15(10-16-14)13-6-4-5-12(3)9-13/h4-6,9,11,14-16H,7-8,10H2,1-3H3. The monoisotopic (exact) mass is 233 g/mol. The van der Waals surface area contributed by atoms with Crippen molar-refractivity contribution in [1.82, 2.24) is 5.32 Å². The van der Waals surface area contributed by atoms with E-state index in [0.29, 0.717) is 12.0 Å². The molecule has 2 unspecified atom stereocenters. The molecule has 1 aromatic carbocycles. The first-order valence-electron chi connectivity index (χ1n) is 6.58.